The van der Waals surface area contributed by atoms with Gasteiger partial charge in [-0.25, -0.2) is 14.8 Å². The third kappa shape index (κ3) is 3.59. The Morgan fingerprint density at radius 3 is 2.89 bits per heavy atom. The molecule has 5 N–H and O–H groups in total. The number of amides is 2. The van der Waals surface area contributed by atoms with Gasteiger partial charge in [-0.1, -0.05) is 0 Å². The molecule has 0 radical (unpaired) electrons. The van der Waals surface area contributed by atoms with Gasteiger partial charge in [0.15, 0.2) is 0 Å². The van der Waals surface area contributed by atoms with E-state index in [-0.39, 0.29) is 12.1 Å². The third-order valence-electron chi connectivity index (χ3n) is 5.10. The zero-order valence-corrected chi connectivity index (χ0v) is 15.5. The predicted molar refractivity (Wildman–Crippen MR) is 108 cm³/mol. The molecule has 8 nitrogen and oxygen atoms in total. The maximum absolute atomic E-state index is 12.2. The molecular weight excluding hydrogens is 356 g/mol. The molecule has 3 aromatic rings. The van der Waals surface area contributed by atoms with Crippen LogP contribution in [0.3, 0.4) is 0 Å². The van der Waals surface area contributed by atoms with E-state index in [1.165, 1.54) is 0 Å². The number of aryl methyl sites for hydroxylation is 1. The van der Waals surface area contributed by atoms with Gasteiger partial charge in [-0.05, 0) is 55.3 Å². The molecule has 0 aliphatic heterocycles. The number of fused-ring (bicyclic) bond motifs is 1. The number of aliphatic hydroxyl groups is 1. The van der Waals surface area contributed by atoms with Gasteiger partial charge in [-0.3, -0.25) is 10.3 Å². The minimum atomic E-state index is -0.494. The number of hydrogen-bond donors (Lipinski definition) is 4. The first-order valence-corrected chi connectivity index (χ1v) is 9.24. The maximum Gasteiger partial charge on any atom is 0.320 e. The largest absolute Gasteiger partial charge is 0.391 e. The Kier molecular flexibility index (Phi) is 4.79. The normalized spacial score (nSPS) is 18.9. The van der Waals surface area contributed by atoms with E-state index < -0.39 is 6.10 Å². The molecule has 3 heterocycles. The van der Waals surface area contributed by atoms with E-state index in [1.54, 1.807) is 24.7 Å². The van der Waals surface area contributed by atoms with Gasteiger partial charge in [0, 0.05) is 29.5 Å². The van der Waals surface area contributed by atoms with Crippen LogP contribution in [-0.4, -0.2) is 38.2 Å². The molecule has 0 bridgehead atoms. The highest BCUT2D eigenvalue weighted by Gasteiger charge is 2.26. The summed E-state index contributed by atoms with van der Waals surface area (Å²) in [5.74, 6) is 0.769. The van der Waals surface area contributed by atoms with Gasteiger partial charge in [-0.2, -0.15) is 0 Å². The SMILES string of the molecule is Cc1ccncc1-c1cc2cc(NC(=O)N[C@H]3CCC[C@@H]3O)ncc2c(N)n1. The zero-order valence-electron chi connectivity index (χ0n) is 15.5. The van der Waals surface area contributed by atoms with Crippen LogP contribution < -0.4 is 16.4 Å². The molecule has 1 aliphatic carbocycles. The summed E-state index contributed by atoms with van der Waals surface area (Å²) in [5.41, 5.74) is 8.78. The molecule has 28 heavy (non-hydrogen) atoms. The van der Waals surface area contributed by atoms with Crippen molar-refractivity contribution in [2.75, 3.05) is 11.1 Å². The average molecular weight is 378 g/mol. The van der Waals surface area contributed by atoms with Crippen molar-refractivity contribution in [3.8, 4) is 11.3 Å². The van der Waals surface area contributed by atoms with Crippen LogP contribution in [0.1, 0.15) is 24.8 Å². The van der Waals surface area contributed by atoms with Crippen LogP contribution in [0.25, 0.3) is 22.0 Å². The zero-order chi connectivity index (χ0) is 19.7. The summed E-state index contributed by atoms with van der Waals surface area (Å²) in [6.07, 6.45) is 6.98. The minimum absolute atomic E-state index is 0.222. The monoisotopic (exact) mass is 378 g/mol. The van der Waals surface area contributed by atoms with E-state index in [4.69, 9.17) is 5.73 Å². The Hall–Kier alpha value is -3.26. The molecule has 0 aromatic carbocycles. The summed E-state index contributed by atoms with van der Waals surface area (Å²) in [5, 5.41) is 16.9. The second-order valence-corrected chi connectivity index (χ2v) is 7.08. The fourth-order valence-corrected chi connectivity index (χ4v) is 3.54. The Labute approximate surface area is 162 Å². The van der Waals surface area contributed by atoms with Gasteiger partial charge >= 0.3 is 6.03 Å². The van der Waals surface area contributed by atoms with E-state index in [1.807, 2.05) is 19.1 Å². The van der Waals surface area contributed by atoms with Crippen molar-refractivity contribution in [2.24, 2.45) is 0 Å². The van der Waals surface area contributed by atoms with Crippen LogP contribution in [0.4, 0.5) is 16.4 Å². The molecule has 0 saturated heterocycles. The van der Waals surface area contributed by atoms with Gasteiger partial charge in [0.05, 0.1) is 17.8 Å². The minimum Gasteiger partial charge on any atom is -0.391 e. The topological polar surface area (TPSA) is 126 Å². The van der Waals surface area contributed by atoms with E-state index in [0.717, 1.165) is 29.4 Å². The van der Waals surface area contributed by atoms with Crippen molar-refractivity contribution in [2.45, 2.75) is 38.3 Å². The van der Waals surface area contributed by atoms with Gasteiger partial charge in [0.25, 0.3) is 0 Å². The molecule has 0 spiro atoms. The number of nitrogens with one attached hydrogen (secondary N) is 2. The lowest BCUT2D eigenvalue weighted by Gasteiger charge is -2.16. The van der Waals surface area contributed by atoms with Crippen molar-refractivity contribution in [3.05, 3.63) is 42.4 Å². The van der Waals surface area contributed by atoms with Crippen LogP contribution in [0, 0.1) is 6.92 Å². The highest BCUT2D eigenvalue weighted by molar-refractivity contribution is 5.97. The molecule has 0 unspecified atom stereocenters. The van der Waals surface area contributed by atoms with Crippen LogP contribution in [-0.2, 0) is 0 Å². The highest BCUT2D eigenvalue weighted by atomic mass is 16.3. The quantitative estimate of drug-likeness (QED) is 0.555. The number of anilines is 2. The fraction of sp³-hybridized carbons (Fsp3) is 0.300. The van der Waals surface area contributed by atoms with Crippen molar-refractivity contribution in [1.82, 2.24) is 20.3 Å². The molecule has 4 rings (SSSR count). The van der Waals surface area contributed by atoms with E-state index in [0.29, 0.717) is 29.1 Å². The second-order valence-electron chi connectivity index (χ2n) is 7.08. The van der Waals surface area contributed by atoms with Crippen LogP contribution >= 0.6 is 0 Å². The van der Waals surface area contributed by atoms with Crippen molar-refractivity contribution in [3.63, 3.8) is 0 Å². The fourth-order valence-electron chi connectivity index (χ4n) is 3.54. The lowest BCUT2D eigenvalue weighted by molar-refractivity contribution is 0.151. The number of aromatic nitrogens is 3. The Bertz CT molecular complexity index is 1040. The van der Waals surface area contributed by atoms with Gasteiger partial charge in [0.1, 0.15) is 11.6 Å². The number of hydrogen-bond acceptors (Lipinski definition) is 6. The summed E-state index contributed by atoms with van der Waals surface area (Å²) >= 11 is 0. The number of aliphatic hydroxyl groups excluding tert-OH is 1. The number of rotatable bonds is 3. The van der Waals surface area contributed by atoms with Gasteiger partial charge in [0.2, 0.25) is 0 Å². The van der Waals surface area contributed by atoms with Crippen molar-refractivity contribution in [1.29, 1.82) is 0 Å². The van der Waals surface area contributed by atoms with E-state index in [2.05, 4.69) is 25.6 Å². The standard InChI is InChI=1S/C20H22N6O2/c1-11-5-6-22-9-13(11)16-7-12-8-18(23-10-14(12)19(21)24-16)26-20(28)25-15-3-2-4-17(15)27/h5-10,15,17,27H,2-4H2,1H3,(H2,21,24)(H2,23,25,26,28)/t15-,17-/m0/s1. The Morgan fingerprint density at radius 1 is 1.29 bits per heavy atom. The molecule has 1 fully saturated rings. The lowest BCUT2D eigenvalue weighted by Crippen LogP contribution is -2.42. The summed E-state index contributed by atoms with van der Waals surface area (Å²) in [6.45, 7) is 1.99. The molecule has 1 aliphatic rings. The Morgan fingerprint density at radius 2 is 2.14 bits per heavy atom. The summed E-state index contributed by atoms with van der Waals surface area (Å²) in [6, 6.07) is 4.97. The van der Waals surface area contributed by atoms with E-state index >= 15 is 0 Å². The molecule has 1 saturated carbocycles. The average Bonchev–Trinajstić information content (AvgIpc) is 3.06. The number of urea groups is 1. The summed E-state index contributed by atoms with van der Waals surface area (Å²) in [4.78, 5) is 25.1. The number of nitrogen functional groups attached to an aromatic ring is 1. The smallest absolute Gasteiger partial charge is 0.320 e. The molecule has 8 heteroatoms. The lowest BCUT2D eigenvalue weighted by atomic mass is 10.1. The van der Waals surface area contributed by atoms with Crippen LogP contribution in [0.2, 0.25) is 0 Å². The van der Waals surface area contributed by atoms with Crippen molar-refractivity contribution < 1.29 is 9.90 Å². The molecule has 3 aromatic heterocycles. The first kappa shape index (κ1) is 18.1. The summed E-state index contributed by atoms with van der Waals surface area (Å²) < 4.78 is 0. The van der Waals surface area contributed by atoms with E-state index in [9.17, 15) is 9.90 Å². The number of carbonyl (C=O) groups excluding carboxylic acids is 1. The molecular formula is C20H22N6O2. The van der Waals surface area contributed by atoms with Crippen LogP contribution in [0.5, 0.6) is 0 Å². The Balaban J connectivity index is 1.61. The highest BCUT2D eigenvalue weighted by Crippen LogP contribution is 2.28. The predicted octanol–water partition coefficient (Wildman–Crippen LogP) is 2.62. The molecule has 2 amide bonds. The molecule has 144 valence electrons. The number of carbonyl (C=O) groups is 1. The third-order valence-corrected chi connectivity index (χ3v) is 5.10. The first-order valence-electron chi connectivity index (χ1n) is 9.24. The maximum atomic E-state index is 12.2. The number of pyridine rings is 3. The second kappa shape index (κ2) is 7.40. The van der Waals surface area contributed by atoms with Gasteiger partial charge in [-0.15, -0.1) is 0 Å². The van der Waals surface area contributed by atoms with Gasteiger partial charge < -0.3 is 16.2 Å². The van der Waals surface area contributed by atoms with Crippen LogP contribution in [0.15, 0.2) is 36.8 Å². The van der Waals surface area contributed by atoms with Crippen molar-refractivity contribution >= 4 is 28.4 Å². The number of nitrogens with zero attached hydrogens (tertiary/aromatic N) is 3. The first-order chi connectivity index (χ1) is 13.5. The number of nitrogens with two attached hydrogens (primary N) is 1. The summed E-state index contributed by atoms with van der Waals surface area (Å²) in [7, 11) is 0. The molecule has 2 atom stereocenters.